The summed E-state index contributed by atoms with van der Waals surface area (Å²) in [6, 6.07) is 3.66. The predicted octanol–water partition coefficient (Wildman–Crippen LogP) is 2.15. The first-order valence-electron chi connectivity index (χ1n) is 4.81. The van der Waals surface area contributed by atoms with E-state index < -0.39 is 0 Å². The number of ether oxygens (including phenoxy) is 1. The molecule has 0 aliphatic carbocycles. The van der Waals surface area contributed by atoms with Crippen molar-refractivity contribution in [1.29, 1.82) is 0 Å². The summed E-state index contributed by atoms with van der Waals surface area (Å²) in [5, 5.41) is 8.89. The molecule has 1 rings (SSSR count). The molecule has 1 atom stereocenters. The van der Waals surface area contributed by atoms with E-state index in [1.165, 1.54) is 0 Å². The Morgan fingerprint density at radius 3 is 2.73 bits per heavy atom. The third-order valence-corrected chi connectivity index (χ3v) is 3.42. The lowest BCUT2D eigenvalue weighted by molar-refractivity contribution is 0.275. The highest BCUT2D eigenvalue weighted by atomic mass is 79.9. The summed E-state index contributed by atoms with van der Waals surface area (Å²) >= 11 is 3.50. The Morgan fingerprint density at radius 1 is 1.53 bits per heavy atom. The summed E-state index contributed by atoms with van der Waals surface area (Å²) < 4.78 is 6.22. The maximum Gasteiger partial charge on any atom is 0.124 e. The molecular formula is C11H16BrNO2. The maximum absolute atomic E-state index is 8.89. The second kappa shape index (κ2) is 5.49. The number of methoxy groups -OCH3 is 1. The van der Waals surface area contributed by atoms with Gasteiger partial charge in [-0.15, -0.1) is 0 Å². The molecule has 0 radical (unpaired) electrons. The lowest BCUT2D eigenvalue weighted by atomic mass is 10.0. The van der Waals surface area contributed by atoms with Gasteiger partial charge in [-0.25, -0.2) is 0 Å². The molecule has 0 aliphatic rings. The molecule has 84 valence electrons. The highest BCUT2D eigenvalue weighted by Crippen LogP contribution is 2.34. The molecule has 1 aromatic carbocycles. The van der Waals surface area contributed by atoms with Crippen LogP contribution >= 0.6 is 15.9 Å². The van der Waals surface area contributed by atoms with Gasteiger partial charge in [0.05, 0.1) is 7.11 Å². The van der Waals surface area contributed by atoms with E-state index in [4.69, 9.17) is 15.6 Å². The number of aliphatic hydroxyl groups excluding tert-OH is 1. The minimum Gasteiger partial charge on any atom is -0.496 e. The molecule has 1 aromatic rings. The fourth-order valence-corrected chi connectivity index (χ4v) is 2.11. The van der Waals surface area contributed by atoms with Gasteiger partial charge >= 0.3 is 0 Å². The smallest absolute Gasteiger partial charge is 0.124 e. The highest BCUT2D eigenvalue weighted by molar-refractivity contribution is 9.10. The van der Waals surface area contributed by atoms with Gasteiger partial charge in [0, 0.05) is 22.7 Å². The summed E-state index contributed by atoms with van der Waals surface area (Å²) in [5.41, 5.74) is 8.01. The van der Waals surface area contributed by atoms with Crippen molar-refractivity contribution < 1.29 is 9.84 Å². The number of hydrogen-bond acceptors (Lipinski definition) is 3. The molecule has 0 bridgehead atoms. The van der Waals surface area contributed by atoms with Crippen LogP contribution in [0.15, 0.2) is 16.6 Å². The zero-order valence-electron chi connectivity index (χ0n) is 8.96. The molecule has 0 saturated heterocycles. The summed E-state index contributed by atoms with van der Waals surface area (Å²) in [5.74, 6) is 0.758. The van der Waals surface area contributed by atoms with Crippen molar-refractivity contribution in [2.75, 3.05) is 13.7 Å². The number of aryl methyl sites for hydroxylation is 1. The zero-order valence-corrected chi connectivity index (χ0v) is 10.5. The Labute approximate surface area is 98.4 Å². The van der Waals surface area contributed by atoms with Gasteiger partial charge in [-0.05, 0) is 25.0 Å². The number of rotatable bonds is 4. The Hall–Kier alpha value is -0.580. The third kappa shape index (κ3) is 2.71. The molecule has 1 unspecified atom stereocenters. The molecule has 3 N–H and O–H groups in total. The number of aliphatic hydroxyl groups is 1. The number of nitrogens with two attached hydrogens (primary N) is 1. The molecule has 4 heteroatoms. The minimum absolute atomic E-state index is 0.0741. The SMILES string of the molecule is COc1ccc(C)c(Br)c1C(N)CCO. The van der Waals surface area contributed by atoms with Gasteiger partial charge in [0.2, 0.25) is 0 Å². The largest absolute Gasteiger partial charge is 0.496 e. The van der Waals surface area contributed by atoms with Crippen LogP contribution in [0.25, 0.3) is 0 Å². The van der Waals surface area contributed by atoms with Crippen LogP contribution in [0.5, 0.6) is 5.75 Å². The summed E-state index contributed by atoms with van der Waals surface area (Å²) in [7, 11) is 1.62. The molecule has 0 heterocycles. The van der Waals surface area contributed by atoms with Crippen LogP contribution < -0.4 is 10.5 Å². The predicted molar refractivity (Wildman–Crippen MR) is 64.1 cm³/mol. The van der Waals surface area contributed by atoms with Crippen molar-refractivity contribution in [2.24, 2.45) is 5.73 Å². The average Bonchev–Trinajstić information content (AvgIpc) is 2.22. The first-order chi connectivity index (χ1) is 7.11. The van der Waals surface area contributed by atoms with Crippen molar-refractivity contribution >= 4 is 15.9 Å². The quantitative estimate of drug-likeness (QED) is 0.884. The van der Waals surface area contributed by atoms with Gasteiger partial charge in [0.25, 0.3) is 0 Å². The van der Waals surface area contributed by atoms with Gasteiger partial charge in [-0.1, -0.05) is 22.0 Å². The minimum atomic E-state index is -0.209. The van der Waals surface area contributed by atoms with Gasteiger partial charge < -0.3 is 15.6 Å². The lowest BCUT2D eigenvalue weighted by Crippen LogP contribution is -2.14. The van der Waals surface area contributed by atoms with Crippen LogP contribution in [-0.2, 0) is 0 Å². The Balaban J connectivity index is 3.17. The Kier molecular flexibility index (Phi) is 4.57. The van der Waals surface area contributed by atoms with Crippen molar-refractivity contribution in [3.8, 4) is 5.75 Å². The second-order valence-corrected chi connectivity index (χ2v) is 4.22. The summed E-state index contributed by atoms with van der Waals surface area (Å²) in [6.45, 7) is 2.07. The van der Waals surface area contributed by atoms with Crippen LogP contribution in [0.3, 0.4) is 0 Å². The van der Waals surface area contributed by atoms with E-state index in [0.29, 0.717) is 6.42 Å². The van der Waals surface area contributed by atoms with E-state index >= 15 is 0 Å². The number of benzene rings is 1. The van der Waals surface area contributed by atoms with Crippen molar-refractivity contribution in [2.45, 2.75) is 19.4 Å². The monoisotopic (exact) mass is 273 g/mol. The van der Waals surface area contributed by atoms with Crippen LogP contribution in [-0.4, -0.2) is 18.8 Å². The van der Waals surface area contributed by atoms with Gasteiger partial charge in [-0.3, -0.25) is 0 Å². The first-order valence-corrected chi connectivity index (χ1v) is 5.60. The lowest BCUT2D eigenvalue weighted by Gasteiger charge is -2.18. The first kappa shape index (κ1) is 12.5. The third-order valence-electron chi connectivity index (χ3n) is 2.36. The molecule has 0 fully saturated rings. The van der Waals surface area contributed by atoms with E-state index in [2.05, 4.69) is 15.9 Å². The number of hydrogen-bond donors (Lipinski definition) is 2. The van der Waals surface area contributed by atoms with E-state index in [-0.39, 0.29) is 12.6 Å². The standard InChI is InChI=1S/C11H16BrNO2/c1-7-3-4-9(15-2)10(11(7)12)8(13)5-6-14/h3-4,8,14H,5-6,13H2,1-2H3. The molecule has 0 aromatic heterocycles. The molecule has 0 amide bonds. The van der Waals surface area contributed by atoms with E-state index in [1.807, 2.05) is 19.1 Å². The molecule has 0 aliphatic heterocycles. The molecule has 0 saturated carbocycles. The fraction of sp³-hybridized carbons (Fsp3) is 0.455. The molecular weight excluding hydrogens is 258 g/mol. The summed E-state index contributed by atoms with van der Waals surface area (Å²) in [6.07, 6.45) is 0.526. The normalized spacial score (nSPS) is 12.6. The molecule has 15 heavy (non-hydrogen) atoms. The maximum atomic E-state index is 8.89. The average molecular weight is 274 g/mol. The molecule has 3 nitrogen and oxygen atoms in total. The van der Waals surface area contributed by atoms with Gasteiger partial charge in [0.15, 0.2) is 0 Å². The second-order valence-electron chi connectivity index (χ2n) is 3.43. The zero-order chi connectivity index (χ0) is 11.4. The fourth-order valence-electron chi connectivity index (χ4n) is 1.49. The van der Waals surface area contributed by atoms with Crippen molar-refractivity contribution in [3.63, 3.8) is 0 Å². The van der Waals surface area contributed by atoms with Crippen LogP contribution in [0.1, 0.15) is 23.6 Å². The number of halogens is 1. The van der Waals surface area contributed by atoms with E-state index in [9.17, 15) is 0 Å². The summed E-state index contributed by atoms with van der Waals surface area (Å²) in [4.78, 5) is 0. The molecule has 0 spiro atoms. The Bertz CT molecular complexity index is 342. The van der Waals surface area contributed by atoms with Crippen LogP contribution in [0, 0.1) is 6.92 Å². The van der Waals surface area contributed by atoms with Gasteiger partial charge in [-0.2, -0.15) is 0 Å². The van der Waals surface area contributed by atoms with Crippen LogP contribution in [0.4, 0.5) is 0 Å². The van der Waals surface area contributed by atoms with E-state index in [1.54, 1.807) is 7.11 Å². The van der Waals surface area contributed by atoms with Crippen LogP contribution in [0.2, 0.25) is 0 Å². The van der Waals surface area contributed by atoms with Crippen molar-refractivity contribution in [3.05, 3.63) is 27.7 Å². The Morgan fingerprint density at radius 2 is 2.20 bits per heavy atom. The van der Waals surface area contributed by atoms with Crippen molar-refractivity contribution in [1.82, 2.24) is 0 Å². The highest BCUT2D eigenvalue weighted by Gasteiger charge is 2.16. The topological polar surface area (TPSA) is 55.5 Å². The van der Waals surface area contributed by atoms with E-state index in [0.717, 1.165) is 21.3 Å². The van der Waals surface area contributed by atoms with Gasteiger partial charge in [0.1, 0.15) is 5.75 Å².